The number of alkyl halides is 3. The van der Waals surface area contributed by atoms with Gasteiger partial charge < -0.3 is 9.47 Å². The number of hydrogen-bond donors (Lipinski definition) is 0. The van der Waals surface area contributed by atoms with Crippen LogP contribution < -0.4 is 9.47 Å². The number of methoxy groups -OCH3 is 1. The third-order valence-corrected chi connectivity index (χ3v) is 2.07. The van der Waals surface area contributed by atoms with E-state index in [4.69, 9.17) is 4.74 Å². The van der Waals surface area contributed by atoms with Crippen molar-refractivity contribution in [3.05, 3.63) is 15.5 Å². The normalized spacial score (nSPS) is 11.3. The average Bonchev–Trinajstić information content (AvgIpc) is 2.07. The van der Waals surface area contributed by atoms with Crippen molar-refractivity contribution >= 4 is 22.6 Å². The van der Waals surface area contributed by atoms with E-state index in [1.165, 1.54) is 20.1 Å². The van der Waals surface area contributed by atoms with E-state index in [9.17, 15) is 13.2 Å². The van der Waals surface area contributed by atoms with E-state index < -0.39 is 12.1 Å². The molecule has 0 fully saturated rings. The van der Waals surface area contributed by atoms with Crippen LogP contribution in [0.5, 0.6) is 11.5 Å². The highest BCUT2D eigenvalue weighted by Crippen LogP contribution is 2.34. The molecule has 0 atom stereocenters. The van der Waals surface area contributed by atoms with Gasteiger partial charge in [-0.15, -0.1) is 13.2 Å². The Morgan fingerprint density at radius 1 is 1.40 bits per heavy atom. The van der Waals surface area contributed by atoms with Gasteiger partial charge in [-0.2, -0.15) is 0 Å². The minimum absolute atomic E-state index is 0.0178. The molecule has 1 aromatic rings. The number of halogens is 4. The second-order valence-corrected chi connectivity index (χ2v) is 3.71. The number of ether oxygens (including phenoxy) is 2. The highest BCUT2D eigenvalue weighted by atomic mass is 127. The molecule has 1 rings (SSSR count). The molecule has 7 heteroatoms. The van der Waals surface area contributed by atoms with Gasteiger partial charge in [-0.05, 0) is 29.5 Å². The summed E-state index contributed by atoms with van der Waals surface area (Å²) >= 11 is 1.88. The number of aromatic nitrogens is 1. The monoisotopic (exact) mass is 333 g/mol. The number of aryl methyl sites for hydroxylation is 1. The topological polar surface area (TPSA) is 31.4 Å². The summed E-state index contributed by atoms with van der Waals surface area (Å²) in [4.78, 5) is 3.85. The van der Waals surface area contributed by atoms with E-state index in [0.29, 0.717) is 3.70 Å². The van der Waals surface area contributed by atoms with Gasteiger partial charge in [-0.1, -0.05) is 0 Å². The van der Waals surface area contributed by atoms with Crippen molar-refractivity contribution in [1.29, 1.82) is 0 Å². The highest BCUT2D eigenvalue weighted by molar-refractivity contribution is 14.1. The standard InChI is InChI=1S/C8H7F3INO2/c1-4-7(15-8(9,10)11)5(14-2)3-6(12)13-4/h3H,1-2H3. The van der Waals surface area contributed by atoms with Gasteiger partial charge in [0.2, 0.25) is 0 Å². The maximum absolute atomic E-state index is 12.0. The molecule has 0 aromatic carbocycles. The summed E-state index contributed by atoms with van der Waals surface area (Å²) in [6.45, 7) is 1.42. The summed E-state index contributed by atoms with van der Waals surface area (Å²) in [6.07, 6.45) is -4.74. The molecular formula is C8H7F3INO2. The van der Waals surface area contributed by atoms with Crippen LogP contribution in [0.4, 0.5) is 13.2 Å². The molecule has 0 radical (unpaired) electrons. The van der Waals surface area contributed by atoms with Crippen LogP contribution in [-0.4, -0.2) is 18.5 Å². The second-order valence-electron chi connectivity index (χ2n) is 2.61. The Bertz CT molecular complexity index is 368. The molecule has 0 amide bonds. The number of nitrogens with zero attached hydrogens (tertiary/aromatic N) is 1. The van der Waals surface area contributed by atoms with Gasteiger partial charge >= 0.3 is 6.36 Å². The van der Waals surface area contributed by atoms with Gasteiger partial charge in [0.05, 0.1) is 12.8 Å². The lowest BCUT2D eigenvalue weighted by atomic mass is 10.3. The summed E-state index contributed by atoms with van der Waals surface area (Å²) < 4.78 is 45.2. The quantitative estimate of drug-likeness (QED) is 0.616. The Hall–Kier alpha value is -0.730. The lowest BCUT2D eigenvalue weighted by molar-refractivity contribution is -0.275. The van der Waals surface area contributed by atoms with Gasteiger partial charge in [0, 0.05) is 6.07 Å². The summed E-state index contributed by atoms with van der Waals surface area (Å²) in [5.74, 6) is -0.380. The molecule has 0 saturated carbocycles. The fraction of sp³-hybridized carbons (Fsp3) is 0.375. The van der Waals surface area contributed by atoms with Crippen LogP contribution in [0.3, 0.4) is 0 Å². The maximum atomic E-state index is 12.0. The van der Waals surface area contributed by atoms with Gasteiger partial charge in [-0.25, -0.2) is 4.98 Å². The molecule has 0 aliphatic heterocycles. The Morgan fingerprint density at radius 3 is 2.47 bits per heavy atom. The Morgan fingerprint density at radius 2 is 2.00 bits per heavy atom. The zero-order valence-corrected chi connectivity index (χ0v) is 10.0. The average molecular weight is 333 g/mol. The Balaban J connectivity index is 3.15. The van der Waals surface area contributed by atoms with E-state index >= 15 is 0 Å². The van der Waals surface area contributed by atoms with Crippen molar-refractivity contribution in [3.8, 4) is 11.5 Å². The van der Waals surface area contributed by atoms with Crippen molar-refractivity contribution in [1.82, 2.24) is 4.98 Å². The molecule has 1 aromatic heterocycles. The molecule has 1 heterocycles. The molecule has 0 unspecified atom stereocenters. The summed E-state index contributed by atoms with van der Waals surface area (Å²) in [7, 11) is 1.27. The second kappa shape index (κ2) is 4.42. The van der Waals surface area contributed by atoms with Gasteiger partial charge in [-0.3, -0.25) is 0 Å². The SMILES string of the molecule is COc1cc(I)nc(C)c1OC(F)(F)F. The van der Waals surface area contributed by atoms with Gasteiger partial charge in [0.1, 0.15) is 3.70 Å². The molecule has 0 aliphatic carbocycles. The number of rotatable bonds is 2. The zero-order valence-electron chi connectivity index (χ0n) is 7.85. The first kappa shape index (κ1) is 12.3. The highest BCUT2D eigenvalue weighted by Gasteiger charge is 2.33. The first-order chi connectivity index (χ1) is 6.83. The van der Waals surface area contributed by atoms with Crippen molar-refractivity contribution < 1.29 is 22.6 Å². The zero-order chi connectivity index (χ0) is 11.6. The largest absolute Gasteiger partial charge is 0.573 e. The predicted molar refractivity (Wildman–Crippen MR) is 54.9 cm³/mol. The van der Waals surface area contributed by atoms with Crippen LogP contribution in [0, 0.1) is 10.6 Å². The lowest BCUT2D eigenvalue weighted by Gasteiger charge is -2.14. The van der Waals surface area contributed by atoms with Crippen LogP contribution in [-0.2, 0) is 0 Å². The third kappa shape index (κ3) is 3.40. The van der Waals surface area contributed by atoms with Crippen molar-refractivity contribution in [3.63, 3.8) is 0 Å². The molecular weight excluding hydrogens is 326 g/mol. The molecule has 0 aliphatic rings. The minimum atomic E-state index is -4.74. The van der Waals surface area contributed by atoms with Gasteiger partial charge in [0.15, 0.2) is 11.5 Å². The van der Waals surface area contributed by atoms with E-state index in [2.05, 4.69) is 9.72 Å². The van der Waals surface area contributed by atoms with Crippen molar-refractivity contribution in [2.24, 2.45) is 0 Å². The van der Waals surface area contributed by atoms with E-state index in [1.807, 2.05) is 22.6 Å². The third-order valence-electron chi connectivity index (χ3n) is 1.51. The van der Waals surface area contributed by atoms with E-state index in [-0.39, 0.29) is 11.4 Å². The van der Waals surface area contributed by atoms with Crippen LogP contribution in [0.15, 0.2) is 6.07 Å². The lowest BCUT2D eigenvalue weighted by Crippen LogP contribution is -2.18. The fourth-order valence-electron chi connectivity index (χ4n) is 0.987. The van der Waals surface area contributed by atoms with Gasteiger partial charge in [0.25, 0.3) is 0 Å². The fourth-order valence-corrected chi connectivity index (χ4v) is 1.63. The van der Waals surface area contributed by atoms with Crippen LogP contribution in [0.1, 0.15) is 5.69 Å². The minimum Gasteiger partial charge on any atom is -0.493 e. The van der Waals surface area contributed by atoms with Crippen molar-refractivity contribution in [2.75, 3.05) is 7.11 Å². The van der Waals surface area contributed by atoms with E-state index in [0.717, 1.165) is 0 Å². The summed E-state index contributed by atoms with van der Waals surface area (Å²) in [5.41, 5.74) is 0.135. The maximum Gasteiger partial charge on any atom is 0.573 e. The Kier molecular flexibility index (Phi) is 3.63. The molecule has 0 saturated heterocycles. The first-order valence-electron chi connectivity index (χ1n) is 3.80. The summed E-state index contributed by atoms with van der Waals surface area (Å²) in [6, 6.07) is 1.37. The molecule has 15 heavy (non-hydrogen) atoms. The summed E-state index contributed by atoms with van der Waals surface area (Å²) in [5, 5.41) is 0. The predicted octanol–water partition coefficient (Wildman–Crippen LogP) is 2.90. The van der Waals surface area contributed by atoms with Crippen LogP contribution >= 0.6 is 22.6 Å². The number of pyridine rings is 1. The molecule has 0 bridgehead atoms. The van der Waals surface area contributed by atoms with Crippen LogP contribution in [0.25, 0.3) is 0 Å². The first-order valence-corrected chi connectivity index (χ1v) is 4.88. The number of hydrogen-bond acceptors (Lipinski definition) is 3. The molecule has 0 spiro atoms. The smallest absolute Gasteiger partial charge is 0.493 e. The molecule has 84 valence electrons. The Labute approximate surface area is 97.7 Å². The van der Waals surface area contributed by atoms with E-state index in [1.54, 1.807) is 0 Å². The molecule has 3 nitrogen and oxygen atoms in total. The van der Waals surface area contributed by atoms with Crippen LogP contribution in [0.2, 0.25) is 0 Å². The molecule has 0 N–H and O–H groups in total. The van der Waals surface area contributed by atoms with Crippen molar-refractivity contribution in [2.45, 2.75) is 13.3 Å².